The third-order valence-corrected chi connectivity index (χ3v) is 7.32. The van der Waals surface area contributed by atoms with E-state index < -0.39 is 16.1 Å². The standard InChI is InChI=1S/C22H23ClN2O4S/c23-17-11-12-20-19(13-17)25(30(27,28)18-9-5-2-6-10-18)15-21(29-20)22(26)24-14-16-7-3-1-4-8-16/h2,5-7,9-13,21H,1,3-4,8,14-15H2,(H,24,26). The number of nitrogens with zero attached hydrogens (tertiary/aromatic N) is 1. The molecular formula is C22H23ClN2O4S. The first kappa shape index (κ1) is 20.8. The van der Waals surface area contributed by atoms with Crippen LogP contribution in [0.15, 0.2) is 65.1 Å². The zero-order valence-electron chi connectivity index (χ0n) is 16.4. The van der Waals surface area contributed by atoms with Crippen LogP contribution < -0.4 is 14.4 Å². The van der Waals surface area contributed by atoms with Gasteiger partial charge in [-0.3, -0.25) is 9.10 Å². The zero-order valence-corrected chi connectivity index (χ0v) is 18.0. The second-order valence-electron chi connectivity index (χ2n) is 7.39. The molecule has 158 valence electrons. The molecule has 0 saturated carbocycles. The van der Waals surface area contributed by atoms with E-state index in [1.54, 1.807) is 36.4 Å². The summed E-state index contributed by atoms with van der Waals surface area (Å²) in [6.45, 7) is 0.326. The van der Waals surface area contributed by atoms with E-state index in [0.717, 1.165) is 19.3 Å². The van der Waals surface area contributed by atoms with Crippen LogP contribution in [0.5, 0.6) is 5.75 Å². The minimum absolute atomic E-state index is 0.130. The van der Waals surface area contributed by atoms with Crippen LogP contribution in [0, 0.1) is 0 Å². The zero-order chi connectivity index (χ0) is 21.1. The summed E-state index contributed by atoms with van der Waals surface area (Å²) < 4.78 is 33.7. The number of rotatable bonds is 5. The highest BCUT2D eigenvalue weighted by Gasteiger charge is 2.37. The molecule has 0 radical (unpaired) electrons. The Labute approximate surface area is 181 Å². The number of hydrogen-bond donors (Lipinski definition) is 1. The smallest absolute Gasteiger partial charge is 0.264 e. The number of ether oxygens (including phenoxy) is 1. The van der Waals surface area contributed by atoms with Gasteiger partial charge in [0.05, 0.1) is 17.1 Å². The molecule has 1 aliphatic carbocycles. The lowest BCUT2D eigenvalue weighted by Crippen LogP contribution is -2.51. The summed E-state index contributed by atoms with van der Waals surface area (Å²) in [6.07, 6.45) is 5.51. The second kappa shape index (κ2) is 8.70. The monoisotopic (exact) mass is 446 g/mol. The molecule has 1 aliphatic heterocycles. The van der Waals surface area contributed by atoms with Crippen molar-refractivity contribution in [2.45, 2.75) is 36.7 Å². The molecule has 2 aromatic carbocycles. The first-order valence-corrected chi connectivity index (χ1v) is 11.8. The van der Waals surface area contributed by atoms with Gasteiger partial charge in [-0.2, -0.15) is 0 Å². The molecule has 30 heavy (non-hydrogen) atoms. The van der Waals surface area contributed by atoms with Crippen molar-refractivity contribution in [3.8, 4) is 5.75 Å². The Kier molecular flexibility index (Phi) is 6.01. The van der Waals surface area contributed by atoms with E-state index in [-0.39, 0.29) is 17.3 Å². The molecule has 1 amide bonds. The second-order valence-corrected chi connectivity index (χ2v) is 9.69. The average Bonchev–Trinajstić information content (AvgIpc) is 2.78. The fourth-order valence-electron chi connectivity index (χ4n) is 3.69. The fourth-order valence-corrected chi connectivity index (χ4v) is 5.34. The Bertz CT molecular complexity index is 1070. The van der Waals surface area contributed by atoms with Crippen LogP contribution in [0.2, 0.25) is 5.02 Å². The van der Waals surface area contributed by atoms with Crippen molar-refractivity contribution in [3.05, 3.63) is 65.2 Å². The highest BCUT2D eigenvalue weighted by Crippen LogP contribution is 2.38. The summed E-state index contributed by atoms with van der Waals surface area (Å²) >= 11 is 6.11. The number of nitrogens with one attached hydrogen (secondary N) is 1. The van der Waals surface area contributed by atoms with Gasteiger partial charge in [-0.05, 0) is 56.0 Å². The number of benzene rings is 2. The first-order valence-electron chi connectivity index (χ1n) is 9.95. The lowest BCUT2D eigenvalue weighted by atomic mass is 10.00. The number of sulfonamides is 1. The van der Waals surface area contributed by atoms with Crippen molar-refractivity contribution in [1.82, 2.24) is 5.32 Å². The highest BCUT2D eigenvalue weighted by atomic mass is 35.5. The van der Waals surface area contributed by atoms with Crippen LogP contribution in [-0.4, -0.2) is 33.5 Å². The largest absolute Gasteiger partial charge is 0.476 e. The third-order valence-electron chi connectivity index (χ3n) is 5.29. The molecule has 0 saturated heterocycles. The summed E-state index contributed by atoms with van der Waals surface area (Å²) in [6, 6.07) is 12.9. The number of carbonyl (C=O) groups excluding carboxylic acids is 1. The van der Waals surface area contributed by atoms with Crippen LogP contribution in [0.3, 0.4) is 0 Å². The van der Waals surface area contributed by atoms with Crippen molar-refractivity contribution in [2.24, 2.45) is 0 Å². The van der Waals surface area contributed by atoms with Gasteiger partial charge < -0.3 is 10.1 Å². The van der Waals surface area contributed by atoms with Gasteiger partial charge in [0.1, 0.15) is 5.75 Å². The van der Waals surface area contributed by atoms with E-state index in [1.165, 1.54) is 28.4 Å². The van der Waals surface area contributed by atoms with Gasteiger partial charge in [0.25, 0.3) is 15.9 Å². The van der Waals surface area contributed by atoms with E-state index in [2.05, 4.69) is 11.4 Å². The summed E-state index contributed by atoms with van der Waals surface area (Å²) in [5.41, 5.74) is 1.52. The number of amides is 1. The maximum Gasteiger partial charge on any atom is 0.264 e. The molecule has 0 spiro atoms. The Balaban J connectivity index is 1.60. The molecule has 1 N–H and O–H groups in total. The molecule has 0 fully saturated rings. The van der Waals surface area contributed by atoms with Gasteiger partial charge in [0.2, 0.25) is 0 Å². The molecule has 2 aliphatic rings. The van der Waals surface area contributed by atoms with Crippen LogP contribution in [0.25, 0.3) is 0 Å². The summed E-state index contributed by atoms with van der Waals surface area (Å²) in [5.74, 6) is -0.0301. The van der Waals surface area contributed by atoms with E-state index in [4.69, 9.17) is 16.3 Å². The predicted octanol–water partition coefficient (Wildman–Crippen LogP) is 3.91. The van der Waals surface area contributed by atoms with Crippen LogP contribution in [0.4, 0.5) is 5.69 Å². The van der Waals surface area contributed by atoms with Gasteiger partial charge in [-0.1, -0.05) is 41.4 Å². The van der Waals surface area contributed by atoms with E-state index in [9.17, 15) is 13.2 Å². The lowest BCUT2D eigenvalue weighted by Gasteiger charge is -2.35. The fraction of sp³-hybridized carbons (Fsp3) is 0.318. The summed E-state index contributed by atoms with van der Waals surface area (Å²) in [5, 5.41) is 3.28. The molecule has 0 aromatic heterocycles. The van der Waals surface area contributed by atoms with E-state index in [1.807, 2.05) is 0 Å². The molecule has 1 atom stereocenters. The van der Waals surface area contributed by atoms with Gasteiger partial charge in [0, 0.05) is 11.6 Å². The molecule has 8 heteroatoms. The van der Waals surface area contributed by atoms with Crippen molar-refractivity contribution in [1.29, 1.82) is 0 Å². The maximum absolute atomic E-state index is 13.3. The van der Waals surface area contributed by atoms with Crippen molar-refractivity contribution < 1.29 is 17.9 Å². The first-order chi connectivity index (χ1) is 14.4. The number of hydrogen-bond acceptors (Lipinski definition) is 4. The Morgan fingerprint density at radius 1 is 1.17 bits per heavy atom. The molecule has 4 rings (SSSR count). The van der Waals surface area contributed by atoms with Crippen LogP contribution in [0.1, 0.15) is 25.7 Å². The number of allylic oxidation sites excluding steroid dienone is 1. The van der Waals surface area contributed by atoms with E-state index >= 15 is 0 Å². The highest BCUT2D eigenvalue weighted by molar-refractivity contribution is 7.92. The topological polar surface area (TPSA) is 75.7 Å². The van der Waals surface area contributed by atoms with Crippen LogP contribution >= 0.6 is 11.6 Å². The Morgan fingerprint density at radius 2 is 1.97 bits per heavy atom. The predicted molar refractivity (Wildman–Crippen MR) is 116 cm³/mol. The quantitative estimate of drug-likeness (QED) is 0.706. The Morgan fingerprint density at radius 3 is 2.70 bits per heavy atom. The summed E-state index contributed by atoms with van der Waals surface area (Å²) in [4.78, 5) is 13.0. The minimum atomic E-state index is -3.89. The van der Waals surface area contributed by atoms with Crippen molar-refractivity contribution >= 4 is 33.2 Å². The van der Waals surface area contributed by atoms with E-state index in [0.29, 0.717) is 23.0 Å². The molecule has 6 nitrogen and oxygen atoms in total. The maximum atomic E-state index is 13.3. The van der Waals surface area contributed by atoms with Crippen molar-refractivity contribution in [3.63, 3.8) is 0 Å². The van der Waals surface area contributed by atoms with Gasteiger partial charge >= 0.3 is 0 Å². The number of halogens is 1. The normalized spacial score (nSPS) is 18.8. The van der Waals surface area contributed by atoms with Gasteiger partial charge in [0.15, 0.2) is 6.10 Å². The van der Waals surface area contributed by atoms with Crippen LogP contribution in [-0.2, 0) is 14.8 Å². The molecule has 2 aromatic rings. The molecule has 0 bridgehead atoms. The van der Waals surface area contributed by atoms with Gasteiger partial charge in [-0.25, -0.2) is 8.42 Å². The van der Waals surface area contributed by atoms with Crippen molar-refractivity contribution in [2.75, 3.05) is 17.4 Å². The SMILES string of the molecule is O=C(NCC1=CCCCC1)C1CN(S(=O)(=O)c2ccccc2)c2cc(Cl)ccc2O1. The Hall–Kier alpha value is -2.51. The molecule has 1 unspecified atom stereocenters. The molecule has 1 heterocycles. The number of carbonyl (C=O) groups is 1. The number of anilines is 1. The third kappa shape index (κ3) is 4.32. The molecular weight excluding hydrogens is 424 g/mol. The average molecular weight is 447 g/mol. The van der Waals surface area contributed by atoms with Gasteiger partial charge in [-0.15, -0.1) is 0 Å². The number of fused-ring (bicyclic) bond motifs is 1. The minimum Gasteiger partial charge on any atom is -0.476 e. The summed E-state index contributed by atoms with van der Waals surface area (Å²) in [7, 11) is -3.89. The lowest BCUT2D eigenvalue weighted by molar-refractivity contribution is -0.127.